The molecule has 0 saturated carbocycles. The van der Waals surface area contributed by atoms with E-state index in [0.29, 0.717) is 5.69 Å². The molecule has 1 aromatic heterocycles. The van der Waals surface area contributed by atoms with Crippen molar-refractivity contribution >= 4 is 18.0 Å². The zero-order chi connectivity index (χ0) is 24.8. The van der Waals surface area contributed by atoms with E-state index >= 15 is 0 Å². The van der Waals surface area contributed by atoms with Gasteiger partial charge in [-0.25, -0.2) is 9.59 Å². The molecule has 3 aromatic rings. The highest BCUT2D eigenvalue weighted by molar-refractivity contribution is 5.89. The molecule has 35 heavy (non-hydrogen) atoms. The smallest absolute Gasteiger partial charge is 0.407 e. The predicted octanol–water partition coefficient (Wildman–Crippen LogP) is 2.42. The largest absolute Gasteiger partial charge is 0.480 e. The molecule has 0 spiro atoms. The van der Waals surface area contributed by atoms with Crippen molar-refractivity contribution in [2.75, 3.05) is 13.2 Å². The van der Waals surface area contributed by atoms with Gasteiger partial charge in [-0.1, -0.05) is 48.5 Å². The van der Waals surface area contributed by atoms with Gasteiger partial charge in [0.05, 0.1) is 0 Å². The summed E-state index contributed by atoms with van der Waals surface area (Å²) in [7, 11) is 0. The van der Waals surface area contributed by atoms with Gasteiger partial charge in [-0.05, 0) is 34.4 Å². The topological polar surface area (TPSA) is 141 Å². The summed E-state index contributed by atoms with van der Waals surface area (Å²) in [5, 5.41) is 23.3. The highest BCUT2D eigenvalue weighted by Gasteiger charge is 2.31. The first-order valence-electron chi connectivity index (χ1n) is 11.4. The Labute approximate surface area is 202 Å². The van der Waals surface area contributed by atoms with Crippen LogP contribution in [0.1, 0.15) is 29.2 Å². The molecular weight excluding hydrogens is 450 g/mol. The standard InChI is InChI=1S/C26H27N3O6/c30-13-11-22(25(32)33)28-24(31)23(14-16-6-5-12-27-16)29-26(34)35-15-21-19-9-3-1-7-17(19)18-8-2-4-10-20(18)21/h1-10,12,21-23,27,30H,11,13-15H2,(H,28,31)(H,29,34)(H,32,33)/t22-,23?/m0/s1. The number of aliphatic carboxylic acids is 1. The van der Waals surface area contributed by atoms with Crippen LogP contribution < -0.4 is 10.6 Å². The van der Waals surface area contributed by atoms with E-state index in [9.17, 15) is 19.5 Å². The molecular formula is C26H27N3O6. The summed E-state index contributed by atoms with van der Waals surface area (Å²) in [6.07, 6.45) is 0.853. The molecule has 1 heterocycles. The number of aliphatic hydroxyl groups excluding tert-OH is 1. The van der Waals surface area contributed by atoms with Crippen molar-refractivity contribution in [3.05, 3.63) is 83.7 Å². The molecule has 2 amide bonds. The Morgan fingerprint density at radius 3 is 2.14 bits per heavy atom. The Kier molecular flexibility index (Phi) is 7.47. The first-order chi connectivity index (χ1) is 17.0. The van der Waals surface area contributed by atoms with Gasteiger partial charge in [-0.3, -0.25) is 4.79 Å². The Bertz CT molecular complexity index is 1150. The molecule has 9 nitrogen and oxygen atoms in total. The van der Waals surface area contributed by atoms with Crippen LogP contribution in [0.5, 0.6) is 0 Å². The number of fused-ring (bicyclic) bond motifs is 3. The lowest BCUT2D eigenvalue weighted by atomic mass is 9.98. The van der Waals surface area contributed by atoms with Crippen molar-refractivity contribution in [3.63, 3.8) is 0 Å². The minimum atomic E-state index is -1.28. The number of benzene rings is 2. The number of aromatic amines is 1. The lowest BCUT2D eigenvalue weighted by Gasteiger charge is -2.21. The number of rotatable bonds is 10. The molecule has 0 saturated heterocycles. The van der Waals surface area contributed by atoms with E-state index in [4.69, 9.17) is 9.84 Å². The summed E-state index contributed by atoms with van der Waals surface area (Å²) in [6.45, 7) is -0.322. The van der Waals surface area contributed by atoms with Crippen LogP contribution in [0.3, 0.4) is 0 Å². The zero-order valence-corrected chi connectivity index (χ0v) is 18.9. The summed E-state index contributed by atoms with van der Waals surface area (Å²) >= 11 is 0. The highest BCUT2D eigenvalue weighted by Crippen LogP contribution is 2.44. The first-order valence-corrected chi connectivity index (χ1v) is 11.4. The van der Waals surface area contributed by atoms with E-state index in [1.54, 1.807) is 18.3 Å². The summed E-state index contributed by atoms with van der Waals surface area (Å²) in [6, 6.07) is 17.1. The summed E-state index contributed by atoms with van der Waals surface area (Å²) in [4.78, 5) is 39.9. The van der Waals surface area contributed by atoms with Crippen molar-refractivity contribution in [1.29, 1.82) is 0 Å². The third-order valence-electron chi connectivity index (χ3n) is 6.07. The summed E-state index contributed by atoms with van der Waals surface area (Å²) in [5.41, 5.74) is 5.01. The second-order valence-corrected chi connectivity index (χ2v) is 8.33. The number of carboxylic acids is 1. The molecule has 0 radical (unpaired) electrons. The number of nitrogens with one attached hydrogen (secondary N) is 3. The molecule has 1 aliphatic carbocycles. The van der Waals surface area contributed by atoms with Gasteiger partial charge in [0, 0.05) is 37.3 Å². The number of amides is 2. The van der Waals surface area contributed by atoms with Crippen LogP contribution in [0.2, 0.25) is 0 Å². The third-order valence-corrected chi connectivity index (χ3v) is 6.07. The van der Waals surface area contributed by atoms with Crippen molar-refractivity contribution in [2.45, 2.75) is 30.8 Å². The van der Waals surface area contributed by atoms with Crippen LogP contribution in [0, 0.1) is 0 Å². The van der Waals surface area contributed by atoms with Gasteiger partial charge < -0.3 is 30.6 Å². The fraction of sp³-hybridized carbons (Fsp3) is 0.269. The number of carbonyl (C=O) groups excluding carboxylic acids is 2. The quantitative estimate of drug-likeness (QED) is 0.304. The number of carboxylic acid groups (broad SMARTS) is 1. The molecule has 0 bridgehead atoms. The average molecular weight is 478 g/mol. The number of aromatic nitrogens is 1. The number of H-pyrrole nitrogens is 1. The molecule has 182 valence electrons. The van der Waals surface area contributed by atoms with Gasteiger partial charge in [-0.2, -0.15) is 0 Å². The number of carbonyl (C=O) groups is 3. The van der Waals surface area contributed by atoms with E-state index < -0.39 is 36.7 Å². The normalized spacial score (nSPS) is 13.9. The van der Waals surface area contributed by atoms with Crippen molar-refractivity contribution in [3.8, 4) is 11.1 Å². The van der Waals surface area contributed by atoms with Crippen molar-refractivity contribution in [2.24, 2.45) is 0 Å². The van der Waals surface area contributed by atoms with Gasteiger partial charge >= 0.3 is 12.1 Å². The Balaban J connectivity index is 1.44. The summed E-state index contributed by atoms with van der Waals surface area (Å²) < 4.78 is 5.54. The minimum Gasteiger partial charge on any atom is -0.480 e. The second kappa shape index (κ2) is 10.9. The van der Waals surface area contributed by atoms with E-state index in [-0.39, 0.29) is 25.4 Å². The molecule has 4 rings (SSSR count). The highest BCUT2D eigenvalue weighted by atomic mass is 16.5. The molecule has 1 unspecified atom stereocenters. The van der Waals surface area contributed by atoms with Gasteiger partial charge in [0.1, 0.15) is 18.7 Å². The average Bonchev–Trinajstić information content (AvgIpc) is 3.48. The van der Waals surface area contributed by atoms with Crippen molar-refractivity contribution < 1.29 is 29.3 Å². The fourth-order valence-corrected chi connectivity index (χ4v) is 4.36. The van der Waals surface area contributed by atoms with Crippen LogP contribution in [0.15, 0.2) is 66.9 Å². The first kappa shape index (κ1) is 24.0. The number of hydrogen-bond acceptors (Lipinski definition) is 5. The maximum atomic E-state index is 12.8. The number of aliphatic hydroxyl groups is 1. The lowest BCUT2D eigenvalue weighted by molar-refractivity contribution is -0.142. The molecule has 2 aromatic carbocycles. The van der Waals surface area contributed by atoms with Gasteiger partial charge in [0.25, 0.3) is 0 Å². The Morgan fingerprint density at radius 2 is 1.57 bits per heavy atom. The molecule has 2 atom stereocenters. The monoisotopic (exact) mass is 477 g/mol. The molecule has 1 aliphatic rings. The number of ether oxygens (including phenoxy) is 1. The predicted molar refractivity (Wildman–Crippen MR) is 128 cm³/mol. The van der Waals surface area contributed by atoms with E-state index in [1.165, 1.54) is 0 Å². The van der Waals surface area contributed by atoms with E-state index in [1.807, 2.05) is 48.5 Å². The lowest BCUT2D eigenvalue weighted by Crippen LogP contribution is -2.52. The van der Waals surface area contributed by atoms with E-state index in [2.05, 4.69) is 15.6 Å². The molecule has 0 fully saturated rings. The summed E-state index contributed by atoms with van der Waals surface area (Å²) in [5.74, 6) is -2.09. The maximum absolute atomic E-state index is 12.8. The van der Waals surface area contributed by atoms with Crippen LogP contribution >= 0.6 is 0 Å². The molecule has 9 heteroatoms. The Hall–Kier alpha value is -4.11. The van der Waals surface area contributed by atoms with E-state index in [0.717, 1.165) is 22.3 Å². The Morgan fingerprint density at radius 1 is 0.914 bits per heavy atom. The molecule has 0 aliphatic heterocycles. The van der Waals surface area contributed by atoms with Crippen LogP contribution in [0.25, 0.3) is 11.1 Å². The second-order valence-electron chi connectivity index (χ2n) is 8.33. The maximum Gasteiger partial charge on any atom is 0.407 e. The van der Waals surface area contributed by atoms with Crippen LogP contribution in [0.4, 0.5) is 4.79 Å². The number of hydrogen-bond donors (Lipinski definition) is 5. The van der Waals surface area contributed by atoms with Gasteiger partial charge in [0.15, 0.2) is 0 Å². The zero-order valence-electron chi connectivity index (χ0n) is 18.9. The van der Waals surface area contributed by atoms with Crippen molar-refractivity contribution in [1.82, 2.24) is 15.6 Å². The minimum absolute atomic E-state index is 0.0823. The molecule has 5 N–H and O–H groups in total. The third kappa shape index (κ3) is 5.52. The van der Waals surface area contributed by atoms with Crippen LogP contribution in [-0.4, -0.2) is 58.5 Å². The van der Waals surface area contributed by atoms with Crippen LogP contribution in [-0.2, 0) is 20.7 Å². The van der Waals surface area contributed by atoms with Gasteiger partial charge in [0.2, 0.25) is 5.91 Å². The SMILES string of the molecule is O=C(NC(Cc1ccc[nH]1)C(=O)N[C@@H](CCO)C(=O)O)OCC1c2ccccc2-c2ccccc21. The number of alkyl carbamates (subject to hydrolysis) is 1. The fourth-order valence-electron chi connectivity index (χ4n) is 4.36. The van der Waals surface area contributed by atoms with Gasteiger partial charge in [-0.15, -0.1) is 0 Å².